The van der Waals surface area contributed by atoms with Gasteiger partial charge in [0.25, 0.3) is 0 Å². The van der Waals surface area contributed by atoms with Crippen molar-refractivity contribution in [3.63, 3.8) is 0 Å². The molecule has 0 amide bonds. The third-order valence-corrected chi connectivity index (χ3v) is 7.79. The smallest absolute Gasteiger partial charge is 0.156 e. The number of hydrogen-bond acceptors (Lipinski definition) is 2. The zero-order chi connectivity index (χ0) is 16.4. The standard InChI is InChI=1S/C21H28O2/c1-4-13-11-15-16-5-6-19(23)21(16,3)10-8-17(15)20(2)9-7-14(22)12-18(13)20/h11-12,15-17H,4-10H2,1-3H3/t15-,16-,17-,20+,21-/m0/s1. The zero-order valence-corrected chi connectivity index (χ0v) is 14.7. The van der Waals surface area contributed by atoms with Crippen molar-refractivity contribution in [3.05, 3.63) is 23.3 Å². The zero-order valence-electron chi connectivity index (χ0n) is 14.7. The van der Waals surface area contributed by atoms with E-state index in [1.807, 2.05) is 6.08 Å². The topological polar surface area (TPSA) is 34.1 Å². The molecule has 4 aliphatic rings. The Bertz CT molecular complexity index is 640. The van der Waals surface area contributed by atoms with E-state index in [9.17, 15) is 9.59 Å². The predicted octanol–water partition coefficient (Wildman–Crippen LogP) is 4.64. The summed E-state index contributed by atoms with van der Waals surface area (Å²) in [7, 11) is 0. The van der Waals surface area contributed by atoms with Crippen LogP contribution in [-0.4, -0.2) is 11.6 Å². The second kappa shape index (κ2) is 4.91. The summed E-state index contributed by atoms with van der Waals surface area (Å²) in [4.78, 5) is 24.5. The molecule has 0 spiro atoms. The maximum Gasteiger partial charge on any atom is 0.156 e. The monoisotopic (exact) mass is 312 g/mol. The van der Waals surface area contributed by atoms with E-state index in [1.165, 1.54) is 11.1 Å². The van der Waals surface area contributed by atoms with E-state index in [4.69, 9.17) is 0 Å². The van der Waals surface area contributed by atoms with Crippen LogP contribution in [0.15, 0.2) is 23.3 Å². The van der Waals surface area contributed by atoms with Gasteiger partial charge in [-0.2, -0.15) is 0 Å². The van der Waals surface area contributed by atoms with Gasteiger partial charge in [0, 0.05) is 18.3 Å². The fourth-order valence-electron chi connectivity index (χ4n) is 6.33. The molecule has 4 aliphatic carbocycles. The Morgan fingerprint density at radius 2 is 1.78 bits per heavy atom. The highest BCUT2D eigenvalue weighted by Crippen LogP contribution is 2.63. The van der Waals surface area contributed by atoms with Gasteiger partial charge in [0.2, 0.25) is 0 Å². The number of ketones is 2. The fourth-order valence-corrected chi connectivity index (χ4v) is 6.33. The Kier molecular flexibility index (Phi) is 3.28. The summed E-state index contributed by atoms with van der Waals surface area (Å²) in [5, 5.41) is 0. The first-order valence-electron chi connectivity index (χ1n) is 9.39. The third-order valence-electron chi connectivity index (χ3n) is 7.79. The van der Waals surface area contributed by atoms with Gasteiger partial charge in [-0.3, -0.25) is 9.59 Å². The van der Waals surface area contributed by atoms with E-state index in [0.717, 1.165) is 38.5 Å². The molecule has 4 rings (SSSR count). The van der Waals surface area contributed by atoms with E-state index in [0.29, 0.717) is 35.7 Å². The number of Topliss-reactive ketones (excluding diaryl/α,β-unsaturated/α-hetero) is 1. The fraction of sp³-hybridized carbons (Fsp3) is 0.714. The van der Waals surface area contributed by atoms with Gasteiger partial charge in [0.05, 0.1) is 0 Å². The minimum atomic E-state index is -0.0847. The SMILES string of the molecule is CCC1=C[C@@H]2[C@H](CC[C@]3(C)C(=O)CC[C@@H]23)[C@@]2(C)CCC(=O)C=C12. The minimum absolute atomic E-state index is 0.0847. The second-order valence-corrected chi connectivity index (χ2v) is 8.70. The number of hydrogen-bond donors (Lipinski definition) is 0. The molecule has 0 aliphatic heterocycles. The number of carbonyl (C=O) groups is 2. The summed E-state index contributed by atoms with van der Waals surface area (Å²) in [6.45, 7) is 6.82. The lowest BCUT2D eigenvalue weighted by Crippen LogP contribution is -2.49. The summed E-state index contributed by atoms with van der Waals surface area (Å²) in [5.41, 5.74) is 2.76. The van der Waals surface area contributed by atoms with Crippen molar-refractivity contribution >= 4 is 11.6 Å². The Hall–Kier alpha value is -1.18. The Morgan fingerprint density at radius 3 is 2.52 bits per heavy atom. The molecule has 2 nitrogen and oxygen atoms in total. The quantitative estimate of drug-likeness (QED) is 0.706. The first-order chi connectivity index (χ1) is 10.9. The molecule has 0 bridgehead atoms. The molecule has 0 aromatic rings. The van der Waals surface area contributed by atoms with Gasteiger partial charge in [-0.1, -0.05) is 26.8 Å². The van der Waals surface area contributed by atoms with Crippen LogP contribution in [0.1, 0.15) is 65.7 Å². The van der Waals surface area contributed by atoms with Crippen LogP contribution in [0, 0.1) is 28.6 Å². The number of rotatable bonds is 1. The first-order valence-corrected chi connectivity index (χ1v) is 9.39. The van der Waals surface area contributed by atoms with Gasteiger partial charge in [0.15, 0.2) is 5.78 Å². The lowest BCUT2D eigenvalue weighted by molar-refractivity contribution is -0.130. The van der Waals surface area contributed by atoms with Crippen molar-refractivity contribution in [2.45, 2.75) is 65.7 Å². The minimum Gasteiger partial charge on any atom is -0.299 e. The van der Waals surface area contributed by atoms with E-state index in [1.54, 1.807) is 0 Å². The van der Waals surface area contributed by atoms with Crippen molar-refractivity contribution < 1.29 is 9.59 Å². The van der Waals surface area contributed by atoms with Crippen molar-refractivity contribution in [1.29, 1.82) is 0 Å². The molecular weight excluding hydrogens is 284 g/mol. The van der Waals surface area contributed by atoms with Gasteiger partial charge < -0.3 is 0 Å². The molecule has 2 heteroatoms. The summed E-state index contributed by atoms with van der Waals surface area (Å²) in [6.07, 6.45) is 11.1. The van der Waals surface area contributed by atoms with Gasteiger partial charge in [0.1, 0.15) is 5.78 Å². The molecule has 2 saturated carbocycles. The van der Waals surface area contributed by atoms with Gasteiger partial charge in [-0.25, -0.2) is 0 Å². The predicted molar refractivity (Wildman–Crippen MR) is 90.9 cm³/mol. The highest BCUT2D eigenvalue weighted by atomic mass is 16.1. The maximum atomic E-state index is 12.5. The largest absolute Gasteiger partial charge is 0.299 e. The van der Waals surface area contributed by atoms with Crippen molar-refractivity contribution in [3.8, 4) is 0 Å². The van der Waals surface area contributed by atoms with Crippen LogP contribution >= 0.6 is 0 Å². The summed E-state index contributed by atoms with van der Waals surface area (Å²) < 4.78 is 0. The third kappa shape index (κ3) is 1.93. The van der Waals surface area contributed by atoms with Crippen LogP contribution in [0.25, 0.3) is 0 Å². The first kappa shape index (κ1) is 15.4. The maximum absolute atomic E-state index is 12.5. The molecule has 0 heterocycles. The van der Waals surface area contributed by atoms with Crippen LogP contribution in [0.4, 0.5) is 0 Å². The van der Waals surface area contributed by atoms with Gasteiger partial charge >= 0.3 is 0 Å². The van der Waals surface area contributed by atoms with Gasteiger partial charge in [-0.05, 0) is 72.5 Å². The summed E-state index contributed by atoms with van der Waals surface area (Å²) in [6, 6.07) is 0. The highest BCUT2D eigenvalue weighted by molar-refractivity contribution is 5.92. The molecule has 0 unspecified atom stereocenters. The average molecular weight is 312 g/mol. The van der Waals surface area contributed by atoms with E-state index >= 15 is 0 Å². The number of carbonyl (C=O) groups excluding carboxylic acids is 2. The summed E-state index contributed by atoms with van der Waals surface area (Å²) >= 11 is 0. The molecule has 5 atom stereocenters. The molecule has 2 fully saturated rings. The Labute approximate surface area is 139 Å². The molecule has 124 valence electrons. The van der Waals surface area contributed by atoms with E-state index in [2.05, 4.69) is 26.8 Å². The summed E-state index contributed by atoms with van der Waals surface area (Å²) in [5.74, 6) is 2.46. The molecule has 0 N–H and O–H groups in total. The molecule has 0 saturated heterocycles. The van der Waals surface area contributed by atoms with E-state index < -0.39 is 0 Å². The number of allylic oxidation sites excluding steroid dienone is 4. The van der Waals surface area contributed by atoms with Crippen molar-refractivity contribution in [2.75, 3.05) is 0 Å². The van der Waals surface area contributed by atoms with Crippen LogP contribution in [-0.2, 0) is 9.59 Å². The highest BCUT2D eigenvalue weighted by Gasteiger charge is 2.58. The second-order valence-electron chi connectivity index (χ2n) is 8.70. The van der Waals surface area contributed by atoms with Crippen LogP contribution in [0.3, 0.4) is 0 Å². The number of fused-ring (bicyclic) bond motifs is 5. The van der Waals surface area contributed by atoms with Crippen LogP contribution in [0.2, 0.25) is 0 Å². The molecule has 23 heavy (non-hydrogen) atoms. The normalized spacial score (nSPS) is 45.8. The molecule has 0 aromatic carbocycles. The van der Waals surface area contributed by atoms with Crippen molar-refractivity contribution in [1.82, 2.24) is 0 Å². The lowest BCUT2D eigenvalue weighted by Gasteiger charge is -2.55. The van der Waals surface area contributed by atoms with Gasteiger partial charge in [-0.15, -0.1) is 0 Å². The molecular formula is C21H28O2. The molecule has 0 aromatic heterocycles. The average Bonchev–Trinajstić information content (AvgIpc) is 2.83. The van der Waals surface area contributed by atoms with Crippen LogP contribution in [0.5, 0.6) is 0 Å². The van der Waals surface area contributed by atoms with Crippen molar-refractivity contribution in [2.24, 2.45) is 28.6 Å². The molecule has 0 radical (unpaired) electrons. The Morgan fingerprint density at radius 1 is 1.04 bits per heavy atom. The van der Waals surface area contributed by atoms with E-state index in [-0.39, 0.29) is 10.8 Å². The Balaban J connectivity index is 1.83. The van der Waals surface area contributed by atoms with Crippen LogP contribution < -0.4 is 0 Å². The lowest BCUT2D eigenvalue weighted by atomic mass is 9.48.